The third-order valence-corrected chi connectivity index (χ3v) is 6.97. The summed E-state index contributed by atoms with van der Waals surface area (Å²) in [7, 11) is 0. The van der Waals surface area contributed by atoms with Crippen LogP contribution in [0.5, 0.6) is 0 Å². The SMILES string of the molecule is CC1(C(=O)Nc2ccc(I)cc2)CC2c3ccccc3C1c1ccccc12. The van der Waals surface area contributed by atoms with Gasteiger partial charge in [0.1, 0.15) is 0 Å². The van der Waals surface area contributed by atoms with Crippen LogP contribution in [0.2, 0.25) is 0 Å². The smallest absolute Gasteiger partial charge is 0.231 e. The molecule has 1 amide bonds. The highest BCUT2D eigenvalue weighted by atomic mass is 127. The van der Waals surface area contributed by atoms with Gasteiger partial charge in [0, 0.05) is 21.1 Å². The maximum Gasteiger partial charge on any atom is 0.231 e. The Balaban J connectivity index is 1.59. The van der Waals surface area contributed by atoms with Gasteiger partial charge in [-0.1, -0.05) is 48.5 Å². The van der Waals surface area contributed by atoms with Crippen molar-refractivity contribution < 1.29 is 4.79 Å². The van der Waals surface area contributed by atoms with Crippen LogP contribution >= 0.6 is 22.6 Å². The minimum Gasteiger partial charge on any atom is -0.326 e. The van der Waals surface area contributed by atoms with E-state index in [4.69, 9.17) is 0 Å². The summed E-state index contributed by atoms with van der Waals surface area (Å²) in [5, 5.41) is 3.18. The van der Waals surface area contributed by atoms with E-state index in [1.54, 1.807) is 0 Å². The third-order valence-electron chi connectivity index (χ3n) is 6.25. The number of halogens is 1. The van der Waals surface area contributed by atoms with Crippen molar-refractivity contribution >= 4 is 34.2 Å². The van der Waals surface area contributed by atoms with Crippen molar-refractivity contribution in [2.75, 3.05) is 5.32 Å². The molecule has 0 aliphatic heterocycles. The molecule has 2 nitrogen and oxygen atoms in total. The average molecular weight is 465 g/mol. The first kappa shape index (κ1) is 17.0. The monoisotopic (exact) mass is 465 g/mol. The van der Waals surface area contributed by atoms with Crippen LogP contribution in [0.1, 0.15) is 47.4 Å². The Labute approximate surface area is 173 Å². The van der Waals surface area contributed by atoms with Crippen LogP contribution in [0.4, 0.5) is 5.69 Å². The van der Waals surface area contributed by atoms with E-state index in [9.17, 15) is 4.79 Å². The number of rotatable bonds is 2. The number of amides is 1. The highest BCUT2D eigenvalue weighted by molar-refractivity contribution is 14.1. The number of carbonyl (C=O) groups excluding carboxylic acids is 1. The minimum absolute atomic E-state index is 0.0961. The van der Waals surface area contributed by atoms with E-state index in [1.807, 2.05) is 24.3 Å². The van der Waals surface area contributed by atoms with E-state index >= 15 is 0 Å². The van der Waals surface area contributed by atoms with Crippen molar-refractivity contribution in [2.45, 2.75) is 25.2 Å². The molecule has 0 aromatic heterocycles. The van der Waals surface area contributed by atoms with Gasteiger partial charge in [-0.3, -0.25) is 4.79 Å². The lowest BCUT2D eigenvalue weighted by molar-refractivity contribution is -0.126. The Morgan fingerprint density at radius 3 is 1.96 bits per heavy atom. The van der Waals surface area contributed by atoms with Crippen molar-refractivity contribution in [3.63, 3.8) is 0 Å². The Kier molecular flexibility index (Phi) is 3.90. The summed E-state index contributed by atoms with van der Waals surface area (Å²) in [6, 6.07) is 25.3. The summed E-state index contributed by atoms with van der Waals surface area (Å²) in [5.41, 5.74) is 5.81. The summed E-state index contributed by atoms with van der Waals surface area (Å²) < 4.78 is 1.16. The van der Waals surface area contributed by atoms with E-state index < -0.39 is 5.41 Å². The molecule has 3 aromatic rings. The molecule has 0 saturated heterocycles. The lowest BCUT2D eigenvalue weighted by Crippen LogP contribution is -2.47. The van der Waals surface area contributed by atoms with Crippen LogP contribution in [0.3, 0.4) is 0 Å². The van der Waals surface area contributed by atoms with Crippen molar-refractivity contribution in [2.24, 2.45) is 5.41 Å². The molecule has 3 aliphatic rings. The van der Waals surface area contributed by atoms with Crippen molar-refractivity contribution in [1.29, 1.82) is 0 Å². The van der Waals surface area contributed by atoms with Gasteiger partial charge in [-0.25, -0.2) is 0 Å². The number of fused-ring (bicyclic) bond motifs is 1. The fourth-order valence-electron chi connectivity index (χ4n) is 5.00. The quantitative estimate of drug-likeness (QED) is 0.468. The maximum atomic E-state index is 13.5. The van der Waals surface area contributed by atoms with Gasteiger partial charge in [-0.15, -0.1) is 0 Å². The van der Waals surface area contributed by atoms with Crippen LogP contribution in [-0.4, -0.2) is 5.91 Å². The Hall–Kier alpha value is -2.14. The zero-order chi connectivity index (χ0) is 18.6. The zero-order valence-corrected chi connectivity index (χ0v) is 17.2. The topological polar surface area (TPSA) is 29.1 Å². The second-order valence-electron chi connectivity index (χ2n) is 7.83. The van der Waals surface area contributed by atoms with Gasteiger partial charge in [-0.05, 0) is 82.5 Å². The largest absolute Gasteiger partial charge is 0.326 e. The normalized spacial score (nSPS) is 24.8. The van der Waals surface area contributed by atoms with Crippen molar-refractivity contribution in [3.8, 4) is 0 Å². The van der Waals surface area contributed by atoms with Crippen molar-refractivity contribution in [3.05, 3.63) is 98.6 Å². The number of hydrogen-bond acceptors (Lipinski definition) is 1. The van der Waals surface area contributed by atoms with E-state index in [0.29, 0.717) is 0 Å². The molecular formula is C24H20INO. The van der Waals surface area contributed by atoms with Gasteiger partial charge in [0.2, 0.25) is 5.91 Å². The molecule has 0 saturated carbocycles. The molecule has 27 heavy (non-hydrogen) atoms. The predicted molar refractivity (Wildman–Crippen MR) is 117 cm³/mol. The van der Waals surface area contributed by atoms with E-state index in [2.05, 4.69) is 83.4 Å². The number of anilines is 1. The number of carbonyl (C=O) groups is 1. The first-order chi connectivity index (χ1) is 13.1. The van der Waals surface area contributed by atoms with Crippen molar-refractivity contribution in [1.82, 2.24) is 0 Å². The van der Waals surface area contributed by atoms with Crippen LogP contribution < -0.4 is 5.32 Å². The van der Waals surface area contributed by atoms with Gasteiger partial charge in [0.05, 0.1) is 5.41 Å². The van der Waals surface area contributed by atoms with Crippen LogP contribution in [0, 0.1) is 8.99 Å². The lowest BCUT2D eigenvalue weighted by Gasteiger charge is -2.50. The molecule has 2 bridgehead atoms. The summed E-state index contributed by atoms with van der Waals surface area (Å²) in [4.78, 5) is 13.5. The van der Waals surface area contributed by atoms with Gasteiger partial charge in [-0.2, -0.15) is 0 Å². The standard InChI is InChI=1S/C24H20INO/c1-24(23(27)26-16-12-10-15(25)11-13-16)14-21-17-6-2-4-8-19(17)22(24)20-9-5-3-7-18(20)21/h2-13,21-22H,14H2,1H3,(H,26,27). The second-order valence-corrected chi connectivity index (χ2v) is 9.07. The molecule has 3 aromatic carbocycles. The van der Waals surface area contributed by atoms with Crippen LogP contribution in [0.25, 0.3) is 0 Å². The van der Waals surface area contributed by atoms with E-state index in [-0.39, 0.29) is 17.7 Å². The van der Waals surface area contributed by atoms with Gasteiger partial charge < -0.3 is 5.32 Å². The first-order valence-corrected chi connectivity index (χ1v) is 10.4. The third kappa shape index (κ3) is 2.55. The molecule has 0 heterocycles. The molecular weight excluding hydrogens is 445 g/mol. The summed E-state index contributed by atoms with van der Waals surface area (Å²) >= 11 is 2.28. The first-order valence-electron chi connectivity index (χ1n) is 9.32. The highest BCUT2D eigenvalue weighted by Gasteiger charge is 2.53. The number of hydrogen-bond donors (Lipinski definition) is 1. The highest BCUT2D eigenvalue weighted by Crippen LogP contribution is 2.61. The summed E-state index contributed by atoms with van der Waals surface area (Å²) in [6.45, 7) is 2.14. The minimum atomic E-state index is -0.462. The molecule has 0 fully saturated rings. The van der Waals surface area contributed by atoms with E-state index in [1.165, 1.54) is 22.3 Å². The van der Waals surface area contributed by atoms with Crippen LogP contribution in [-0.2, 0) is 4.79 Å². The fourth-order valence-corrected chi connectivity index (χ4v) is 5.36. The Morgan fingerprint density at radius 2 is 1.41 bits per heavy atom. The fraction of sp³-hybridized carbons (Fsp3) is 0.208. The predicted octanol–water partition coefficient (Wildman–Crippen LogP) is 5.92. The van der Waals surface area contributed by atoms with Gasteiger partial charge >= 0.3 is 0 Å². The average Bonchev–Trinajstić information content (AvgIpc) is 2.70. The zero-order valence-electron chi connectivity index (χ0n) is 15.1. The molecule has 1 N–H and O–H groups in total. The second kappa shape index (κ2) is 6.20. The molecule has 3 heteroatoms. The number of nitrogens with one attached hydrogen (secondary N) is 1. The summed E-state index contributed by atoms with van der Waals surface area (Å²) in [5.74, 6) is 0.497. The maximum absolute atomic E-state index is 13.5. The summed E-state index contributed by atoms with van der Waals surface area (Å²) in [6.07, 6.45) is 0.849. The molecule has 1 atom stereocenters. The molecule has 6 rings (SSSR count). The molecule has 1 unspecified atom stereocenters. The Morgan fingerprint density at radius 1 is 0.889 bits per heavy atom. The Bertz CT molecular complexity index is 995. The molecule has 3 aliphatic carbocycles. The van der Waals surface area contributed by atoms with Crippen LogP contribution in [0.15, 0.2) is 72.8 Å². The molecule has 134 valence electrons. The lowest BCUT2D eigenvalue weighted by atomic mass is 9.52. The van der Waals surface area contributed by atoms with Gasteiger partial charge in [0.15, 0.2) is 0 Å². The van der Waals surface area contributed by atoms with Gasteiger partial charge in [0.25, 0.3) is 0 Å². The number of benzene rings is 3. The molecule has 0 spiro atoms. The molecule has 0 radical (unpaired) electrons. The van der Waals surface area contributed by atoms with E-state index in [0.717, 1.165) is 15.7 Å².